The van der Waals surface area contributed by atoms with Gasteiger partial charge in [0.25, 0.3) is 0 Å². The van der Waals surface area contributed by atoms with Crippen LogP contribution in [-0.2, 0) is 11.3 Å². The van der Waals surface area contributed by atoms with Gasteiger partial charge in [-0.1, -0.05) is 18.2 Å². The van der Waals surface area contributed by atoms with Crippen molar-refractivity contribution < 1.29 is 9.47 Å². The summed E-state index contributed by atoms with van der Waals surface area (Å²) < 4.78 is 13.0. The fraction of sp³-hybridized carbons (Fsp3) is 0.364. The summed E-state index contributed by atoms with van der Waals surface area (Å²) in [4.78, 5) is 8.73. The molecule has 0 aliphatic rings. The number of anilines is 1. The second-order valence-corrected chi connectivity index (χ2v) is 6.63. The van der Waals surface area contributed by atoms with Gasteiger partial charge in [-0.05, 0) is 30.7 Å². The Bertz CT molecular complexity index is 929. The fourth-order valence-corrected chi connectivity index (χ4v) is 3.02. The van der Waals surface area contributed by atoms with Crippen LogP contribution in [-0.4, -0.2) is 49.4 Å². The van der Waals surface area contributed by atoms with Gasteiger partial charge in [0, 0.05) is 52.0 Å². The van der Waals surface area contributed by atoms with E-state index in [2.05, 4.69) is 31.2 Å². The number of benzene rings is 2. The maximum absolute atomic E-state index is 5.75. The van der Waals surface area contributed by atoms with E-state index in [1.807, 2.05) is 48.8 Å². The number of hydrogen-bond donors (Lipinski definition) is 2. The van der Waals surface area contributed by atoms with Crippen molar-refractivity contribution in [3.8, 4) is 5.75 Å². The molecule has 2 aromatic carbocycles. The van der Waals surface area contributed by atoms with Crippen molar-refractivity contribution in [2.45, 2.75) is 19.4 Å². The first-order valence-corrected chi connectivity index (χ1v) is 9.89. The highest BCUT2D eigenvalue weighted by Crippen LogP contribution is 2.17. The predicted molar refractivity (Wildman–Crippen MR) is 133 cm³/mol. The molecular formula is C22H30IN5O2. The normalized spacial score (nSPS) is 11.2. The molecule has 0 aliphatic carbocycles. The first-order chi connectivity index (χ1) is 14.3. The number of para-hydroxylation sites is 2. The highest BCUT2D eigenvalue weighted by atomic mass is 127. The van der Waals surface area contributed by atoms with Gasteiger partial charge >= 0.3 is 0 Å². The lowest BCUT2D eigenvalue weighted by molar-refractivity contribution is 0.172. The molecule has 0 amide bonds. The number of nitrogens with one attached hydrogen (secondary N) is 2. The standard InChI is InChI=1S/C22H29N5O2.HI/c1-23-22(26-18-8-5-9-19(16-18)29-15-7-14-28-2)24-12-6-13-27-17-25-20-10-3-4-11-21(20)27;/h3-5,8-11,16-17H,6-7,12-15H2,1-2H3,(H2,23,24,26);1H. The second-order valence-electron chi connectivity index (χ2n) is 6.63. The lowest BCUT2D eigenvalue weighted by atomic mass is 10.3. The minimum Gasteiger partial charge on any atom is -0.493 e. The summed E-state index contributed by atoms with van der Waals surface area (Å²) in [7, 11) is 3.46. The van der Waals surface area contributed by atoms with Gasteiger partial charge in [-0.2, -0.15) is 0 Å². The summed E-state index contributed by atoms with van der Waals surface area (Å²) in [6.07, 6.45) is 3.73. The van der Waals surface area contributed by atoms with Crippen LogP contribution in [0.1, 0.15) is 12.8 Å². The van der Waals surface area contributed by atoms with E-state index in [4.69, 9.17) is 9.47 Å². The van der Waals surface area contributed by atoms with Gasteiger partial charge in [0.1, 0.15) is 5.75 Å². The number of fused-ring (bicyclic) bond motifs is 1. The number of nitrogens with zero attached hydrogens (tertiary/aromatic N) is 3. The largest absolute Gasteiger partial charge is 0.493 e. The number of ether oxygens (including phenoxy) is 2. The van der Waals surface area contributed by atoms with Crippen LogP contribution in [0.5, 0.6) is 5.75 Å². The minimum atomic E-state index is 0. The van der Waals surface area contributed by atoms with E-state index in [-0.39, 0.29) is 24.0 Å². The first-order valence-electron chi connectivity index (χ1n) is 9.89. The number of aliphatic imine (C=N–C) groups is 1. The molecule has 0 fully saturated rings. The van der Waals surface area contributed by atoms with E-state index in [0.29, 0.717) is 13.2 Å². The molecule has 1 aromatic heterocycles. The SMILES string of the molecule is CN=C(NCCCn1cnc2ccccc21)Nc1cccc(OCCCOC)c1.I. The zero-order valence-corrected chi connectivity index (χ0v) is 19.8. The third-order valence-electron chi connectivity index (χ3n) is 4.48. The van der Waals surface area contributed by atoms with Crippen LogP contribution in [0.2, 0.25) is 0 Å². The Balaban J connectivity index is 0.00000320. The maximum Gasteiger partial charge on any atom is 0.195 e. The topological polar surface area (TPSA) is 72.7 Å². The molecule has 0 unspecified atom stereocenters. The molecule has 162 valence electrons. The Labute approximate surface area is 194 Å². The molecule has 1 heterocycles. The van der Waals surface area contributed by atoms with Crippen molar-refractivity contribution >= 4 is 46.7 Å². The zero-order valence-electron chi connectivity index (χ0n) is 17.5. The summed E-state index contributed by atoms with van der Waals surface area (Å²) in [6, 6.07) is 16.1. The Morgan fingerprint density at radius 2 is 1.97 bits per heavy atom. The van der Waals surface area contributed by atoms with E-state index in [9.17, 15) is 0 Å². The van der Waals surface area contributed by atoms with Crippen molar-refractivity contribution in [1.29, 1.82) is 0 Å². The molecule has 0 saturated carbocycles. The van der Waals surface area contributed by atoms with Gasteiger partial charge in [-0.3, -0.25) is 4.99 Å². The highest BCUT2D eigenvalue weighted by molar-refractivity contribution is 14.0. The van der Waals surface area contributed by atoms with Crippen LogP contribution in [0.25, 0.3) is 11.0 Å². The zero-order chi connectivity index (χ0) is 20.3. The lowest BCUT2D eigenvalue weighted by Crippen LogP contribution is -2.31. The molecule has 0 aliphatic heterocycles. The average molecular weight is 523 g/mol. The number of imidazole rings is 1. The number of guanidine groups is 1. The van der Waals surface area contributed by atoms with Crippen molar-refractivity contribution in [2.24, 2.45) is 4.99 Å². The van der Waals surface area contributed by atoms with Gasteiger partial charge in [0.05, 0.1) is 24.0 Å². The quantitative estimate of drug-likeness (QED) is 0.181. The Hall–Kier alpha value is -2.33. The fourth-order valence-electron chi connectivity index (χ4n) is 3.02. The van der Waals surface area contributed by atoms with Crippen molar-refractivity contribution in [3.63, 3.8) is 0 Å². The van der Waals surface area contributed by atoms with E-state index >= 15 is 0 Å². The summed E-state index contributed by atoms with van der Waals surface area (Å²) in [6.45, 7) is 3.03. The number of aryl methyl sites for hydroxylation is 1. The third-order valence-corrected chi connectivity index (χ3v) is 4.48. The summed E-state index contributed by atoms with van der Waals surface area (Å²) in [5.74, 6) is 1.56. The first kappa shape index (κ1) is 23.9. The third kappa shape index (κ3) is 7.17. The molecule has 2 N–H and O–H groups in total. The van der Waals surface area contributed by atoms with Crippen molar-refractivity contribution in [1.82, 2.24) is 14.9 Å². The molecular weight excluding hydrogens is 493 g/mol. The van der Waals surface area contributed by atoms with E-state index < -0.39 is 0 Å². The highest BCUT2D eigenvalue weighted by Gasteiger charge is 2.03. The van der Waals surface area contributed by atoms with Gasteiger partial charge in [0.2, 0.25) is 0 Å². The predicted octanol–water partition coefficient (Wildman–Crippen LogP) is 4.15. The summed E-state index contributed by atoms with van der Waals surface area (Å²) in [5.41, 5.74) is 3.13. The summed E-state index contributed by atoms with van der Waals surface area (Å²) >= 11 is 0. The molecule has 0 spiro atoms. The monoisotopic (exact) mass is 523 g/mol. The number of hydrogen-bond acceptors (Lipinski definition) is 4. The van der Waals surface area contributed by atoms with Gasteiger partial charge in [-0.15, -0.1) is 24.0 Å². The Kier molecular flexibility index (Phi) is 10.4. The van der Waals surface area contributed by atoms with Crippen LogP contribution in [0.15, 0.2) is 59.9 Å². The molecule has 0 saturated heterocycles. The van der Waals surface area contributed by atoms with Crippen LogP contribution in [0.3, 0.4) is 0 Å². The number of rotatable bonds is 10. The lowest BCUT2D eigenvalue weighted by Gasteiger charge is -2.13. The van der Waals surface area contributed by atoms with E-state index in [1.54, 1.807) is 14.2 Å². The van der Waals surface area contributed by atoms with Crippen LogP contribution in [0, 0.1) is 0 Å². The molecule has 0 radical (unpaired) electrons. The second kappa shape index (κ2) is 13.1. The molecule has 3 aromatic rings. The number of methoxy groups -OCH3 is 1. The molecule has 8 heteroatoms. The Morgan fingerprint density at radius 1 is 1.10 bits per heavy atom. The average Bonchev–Trinajstić information content (AvgIpc) is 3.17. The van der Waals surface area contributed by atoms with E-state index in [1.165, 1.54) is 0 Å². The van der Waals surface area contributed by atoms with Crippen molar-refractivity contribution in [3.05, 3.63) is 54.9 Å². The van der Waals surface area contributed by atoms with Gasteiger partial charge < -0.3 is 24.7 Å². The van der Waals surface area contributed by atoms with Gasteiger partial charge in [0.15, 0.2) is 5.96 Å². The maximum atomic E-state index is 5.75. The molecule has 30 heavy (non-hydrogen) atoms. The molecule has 3 rings (SSSR count). The molecule has 0 bridgehead atoms. The van der Waals surface area contributed by atoms with E-state index in [0.717, 1.165) is 54.4 Å². The summed E-state index contributed by atoms with van der Waals surface area (Å²) in [5, 5.41) is 6.66. The Morgan fingerprint density at radius 3 is 2.80 bits per heavy atom. The number of aromatic nitrogens is 2. The molecule has 0 atom stereocenters. The molecule has 7 nitrogen and oxygen atoms in total. The minimum absolute atomic E-state index is 0. The number of halogens is 1. The smallest absolute Gasteiger partial charge is 0.195 e. The van der Waals surface area contributed by atoms with Gasteiger partial charge in [-0.25, -0.2) is 4.98 Å². The van der Waals surface area contributed by atoms with Crippen molar-refractivity contribution in [2.75, 3.05) is 39.2 Å². The van der Waals surface area contributed by atoms with Crippen LogP contribution in [0.4, 0.5) is 5.69 Å². The van der Waals surface area contributed by atoms with Crippen LogP contribution >= 0.6 is 24.0 Å². The van der Waals surface area contributed by atoms with Crippen LogP contribution < -0.4 is 15.4 Å².